The molecule has 0 spiro atoms. The number of pyridine rings is 3. The van der Waals surface area contributed by atoms with Crippen LogP contribution in [0.15, 0.2) is 137 Å². The first kappa shape index (κ1) is 56.8. The first-order valence-electron chi connectivity index (χ1n) is 26.5. The summed E-state index contributed by atoms with van der Waals surface area (Å²) in [5.74, 6) is 1.65. The van der Waals surface area contributed by atoms with Crippen molar-refractivity contribution in [2.45, 2.75) is 39.2 Å². The van der Waals surface area contributed by atoms with E-state index in [1.807, 2.05) is 66.7 Å². The Kier molecular flexibility index (Phi) is 18.9. The van der Waals surface area contributed by atoms with Crippen LogP contribution in [-0.4, -0.2) is 164 Å². The van der Waals surface area contributed by atoms with Crippen molar-refractivity contribution >= 4 is 52.5 Å². The van der Waals surface area contributed by atoms with Gasteiger partial charge in [-0.2, -0.15) is 0 Å². The summed E-state index contributed by atoms with van der Waals surface area (Å²) in [5, 5.41) is 11.5. The number of carbonyl (C=O) groups is 4. The average molecular weight is 1070 g/mol. The van der Waals surface area contributed by atoms with Gasteiger partial charge in [0.25, 0.3) is 0 Å². The molecular formula is C60H71N11O8. The molecule has 0 saturated carbocycles. The van der Waals surface area contributed by atoms with Gasteiger partial charge in [-0.05, 0) is 137 Å². The van der Waals surface area contributed by atoms with E-state index in [2.05, 4.69) is 70.8 Å². The van der Waals surface area contributed by atoms with Gasteiger partial charge in [0.2, 0.25) is 0 Å². The van der Waals surface area contributed by atoms with Crippen LogP contribution in [0.1, 0.15) is 63.0 Å². The third-order valence-corrected chi connectivity index (χ3v) is 13.9. The Bertz CT molecular complexity index is 3100. The second kappa shape index (κ2) is 26.3. The number of nitrogens with zero attached hydrogens (tertiary/aromatic N) is 9. The summed E-state index contributed by atoms with van der Waals surface area (Å²) >= 11 is 0. The Morgan fingerprint density at radius 1 is 0.544 bits per heavy atom. The minimum absolute atomic E-state index is 0.00784. The van der Waals surface area contributed by atoms with Gasteiger partial charge in [-0.3, -0.25) is 14.9 Å². The Morgan fingerprint density at radius 3 is 1.33 bits per heavy atom. The van der Waals surface area contributed by atoms with Crippen LogP contribution in [0.3, 0.4) is 0 Å². The van der Waals surface area contributed by atoms with E-state index in [-0.39, 0.29) is 30.0 Å². The number of hydrogen-bond donors (Lipinski definition) is 3. The van der Waals surface area contributed by atoms with Crippen molar-refractivity contribution in [3.05, 3.63) is 156 Å². The second-order valence-electron chi connectivity index (χ2n) is 21.0. The van der Waals surface area contributed by atoms with Crippen molar-refractivity contribution < 1.29 is 37.9 Å². The largest absolute Gasteiger partial charge is 0.478 e. The van der Waals surface area contributed by atoms with Crippen LogP contribution in [0.2, 0.25) is 0 Å². The van der Waals surface area contributed by atoms with Crippen LogP contribution in [0, 0.1) is 0 Å². The summed E-state index contributed by atoms with van der Waals surface area (Å²) in [6.45, 7) is 17.1. The molecule has 5 aromatic heterocycles. The van der Waals surface area contributed by atoms with E-state index in [9.17, 15) is 19.2 Å². The Labute approximate surface area is 461 Å². The molecule has 2 aromatic carbocycles. The van der Waals surface area contributed by atoms with E-state index in [4.69, 9.17) is 24.4 Å². The number of amides is 1. The maximum atomic E-state index is 13.2. The molecule has 3 aliphatic heterocycles. The van der Waals surface area contributed by atoms with E-state index in [0.717, 1.165) is 124 Å². The molecule has 1 amide bonds. The van der Waals surface area contributed by atoms with Crippen molar-refractivity contribution in [1.82, 2.24) is 29.7 Å². The molecule has 0 aliphatic carbocycles. The molecular weight excluding hydrogens is 1000 g/mol. The van der Waals surface area contributed by atoms with Gasteiger partial charge in [-0.15, -0.1) is 0 Å². The number of piperazine rings is 3. The quantitative estimate of drug-likeness (QED) is 0.0728. The van der Waals surface area contributed by atoms with Gasteiger partial charge < -0.3 is 53.8 Å². The monoisotopic (exact) mass is 1070 g/mol. The molecule has 3 aliphatic rings. The summed E-state index contributed by atoms with van der Waals surface area (Å²) in [5.41, 5.74) is 13.2. The zero-order valence-electron chi connectivity index (χ0n) is 45.9. The lowest BCUT2D eigenvalue weighted by molar-refractivity contribution is 0.0633. The highest BCUT2D eigenvalue weighted by Crippen LogP contribution is 2.29. The number of hydrogen-bond acceptors (Lipinski definition) is 17. The number of furan rings is 2. The predicted molar refractivity (Wildman–Crippen MR) is 307 cm³/mol. The smallest absolute Gasteiger partial charge is 0.412 e. The molecule has 4 N–H and O–H groups in total. The average Bonchev–Trinajstić information content (AvgIpc) is 4.23. The Hall–Kier alpha value is -8.39. The van der Waals surface area contributed by atoms with Gasteiger partial charge in [0.05, 0.1) is 30.6 Å². The van der Waals surface area contributed by atoms with Crippen LogP contribution in [0.25, 0.3) is 22.3 Å². The zero-order chi connectivity index (χ0) is 56.1. The maximum absolute atomic E-state index is 13.2. The highest BCUT2D eigenvalue weighted by molar-refractivity contribution is 5.99. The number of ether oxygens (including phenoxy) is 1. The summed E-state index contributed by atoms with van der Waals surface area (Å²) in [4.78, 5) is 75.8. The predicted octanol–water partition coefficient (Wildman–Crippen LogP) is 8.50. The summed E-state index contributed by atoms with van der Waals surface area (Å²) < 4.78 is 15.7. The number of anilines is 5. The van der Waals surface area contributed by atoms with Gasteiger partial charge >= 0.3 is 12.1 Å². The number of Topliss-reactive ketones (excluding diaryl/α,β-unsaturated/α-hetero) is 2. The molecule has 19 nitrogen and oxygen atoms in total. The molecule has 7 aromatic rings. The molecule has 3 saturated heterocycles. The highest BCUT2D eigenvalue weighted by atomic mass is 16.6. The summed E-state index contributed by atoms with van der Waals surface area (Å²) in [6.07, 6.45) is 11.0. The second-order valence-corrected chi connectivity index (χ2v) is 21.0. The normalized spacial score (nSPS) is 15.3. The molecule has 0 unspecified atom stereocenters. The van der Waals surface area contributed by atoms with Crippen LogP contribution in [-0.2, 0) is 17.6 Å². The van der Waals surface area contributed by atoms with Crippen molar-refractivity contribution in [3.63, 3.8) is 0 Å². The van der Waals surface area contributed by atoms with Gasteiger partial charge in [0.15, 0.2) is 11.6 Å². The molecule has 3 fully saturated rings. The minimum Gasteiger partial charge on any atom is -0.478 e. The Morgan fingerprint density at radius 2 is 0.949 bits per heavy atom. The third kappa shape index (κ3) is 16.1. The van der Waals surface area contributed by atoms with Gasteiger partial charge in [0, 0.05) is 144 Å². The van der Waals surface area contributed by atoms with Gasteiger partial charge in [-0.1, -0.05) is 12.1 Å². The number of likely N-dealkylation sites (N-methyl/N-ethyl adjacent to an activating group) is 3. The number of benzene rings is 2. The number of carbonyl (C=O) groups excluding carboxylic acids is 3. The molecule has 8 heterocycles. The number of rotatable bonds is 13. The number of ketones is 2. The number of nitrogens with one attached hydrogen (secondary N) is 1. The molecule has 10 rings (SSSR count). The summed E-state index contributed by atoms with van der Waals surface area (Å²) in [6, 6.07) is 25.9. The molecule has 19 heteroatoms. The fourth-order valence-corrected chi connectivity index (χ4v) is 9.08. The number of aromatic carboxylic acids is 1. The number of nitrogens with two attached hydrogens (primary N) is 1. The van der Waals surface area contributed by atoms with Gasteiger partial charge in [-0.25, -0.2) is 24.5 Å². The number of aromatic nitrogens is 3. The van der Waals surface area contributed by atoms with Crippen molar-refractivity contribution in [3.8, 4) is 22.3 Å². The number of nitrogen functional groups attached to an aromatic ring is 1. The Balaban J connectivity index is 0.000000166. The van der Waals surface area contributed by atoms with Gasteiger partial charge in [0.1, 0.15) is 23.1 Å². The maximum Gasteiger partial charge on any atom is 0.412 e. The first-order chi connectivity index (χ1) is 37.9. The molecule has 0 bridgehead atoms. The van der Waals surface area contributed by atoms with Crippen LogP contribution in [0.4, 0.5) is 33.6 Å². The molecule has 0 radical (unpaired) electrons. The van der Waals surface area contributed by atoms with Crippen molar-refractivity contribution in [1.29, 1.82) is 0 Å². The SMILES string of the molecule is CN1CCN(c2ccc(C(=O)Cc3cc(-c4ccoc4)ccc3N)cn2)CC1.CN1CCN(c2ccc(C(=O)Cc3cc(-c4ccoc4)ccc3NC(=O)OC(C)(C)C)cn2)CC1.CN1CCN(c2ccc(C(=O)O)cn2)CC1. The fraction of sp³-hybridized carbons (Fsp3) is 0.350. The van der Waals surface area contributed by atoms with Crippen LogP contribution < -0.4 is 25.8 Å². The van der Waals surface area contributed by atoms with E-state index in [1.54, 1.807) is 76.4 Å². The molecule has 414 valence electrons. The number of carboxylic acid groups (broad SMARTS) is 1. The molecule has 0 atom stereocenters. The van der Waals surface area contributed by atoms with Crippen LogP contribution >= 0.6 is 0 Å². The fourth-order valence-electron chi connectivity index (χ4n) is 9.08. The van der Waals surface area contributed by atoms with E-state index >= 15 is 0 Å². The van der Waals surface area contributed by atoms with Crippen LogP contribution in [0.5, 0.6) is 0 Å². The van der Waals surface area contributed by atoms with E-state index in [1.165, 1.54) is 6.20 Å². The first-order valence-corrected chi connectivity index (χ1v) is 26.5. The minimum atomic E-state index is -0.933. The number of carboxylic acids is 1. The zero-order valence-corrected chi connectivity index (χ0v) is 45.9. The lowest BCUT2D eigenvalue weighted by Gasteiger charge is -2.33. The topological polar surface area (TPSA) is 220 Å². The summed E-state index contributed by atoms with van der Waals surface area (Å²) in [7, 11) is 6.33. The molecule has 79 heavy (non-hydrogen) atoms. The van der Waals surface area contributed by atoms with E-state index in [0.29, 0.717) is 28.1 Å². The lowest BCUT2D eigenvalue weighted by Crippen LogP contribution is -2.44. The van der Waals surface area contributed by atoms with Crippen molar-refractivity contribution in [2.24, 2.45) is 0 Å². The lowest BCUT2D eigenvalue weighted by atomic mass is 9.98. The van der Waals surface area contributed by atoms with E-state index < -0.39 is 17.7 Å². The van der Waals surface area contributed by atoms with Crippen molar-refractivity contribution in [2.75, 3.05) is 125 Å². The highest BCUT2D eigenvalue weighted by Gasteiger charge is 2.22. The third-order valence-electron chi connectivity index (χ3n) is 13.9. The standard InChI is InChI=1S/C27H32N4O4.C22H24N4O2.C11H15N3O2/c1-27(2,3)35-26(33)29-23-7-5-19(21-9-14-34-18-21)15-22(23)16-24(32)20-6-8-25(28-17-20)31-12-10-30(4)11-13-31;1-25-7-9-26(10-8-25)22-5-3-17(14-24-22)21(27)13-19-12-16(2-4-20(19)23)18-6-11-28-15-18;1-13-4-6-14(7-5-13)10-3-2-9(8-12-10)11(15)16/h5-9,14-15,17-18H,10-13,16H2,1-4H3,(H,29,33);2-6,11-12,14-15H,7-10,13,23H2,1H3;2-3,8H,4-7H2,1H3,(H,15,16).